The van der Waals surface area contributed by atoms with E-state index in [0.29, 0.717) is 16.9 Å². The fraction of sp³-hybridized carbons (Fsp3) is 0.200. The first kappa shape index (κ1) is 14.5. The van der Waals surface area contributed by atoms with Crippen molar-refractivity contribution in [2.75, 3.05) is 13.1 Å². The predicted molar refractivity (Wildman–Crippen MR) is 76.2 cm³/mol. The van der Waals surface area contributed by atoms with Crippen LogP contribution in [0.25, 0.3) is 0 Å². The molecule has 106 valence electrons. The molecule has 0 N–H and O–H groups in total. The van der Waals surface area contributed by atoms with E-state index in [2.05, 4.69) is 0 Å². The van der Waals surface area contributed by atoms with Gasteiger partial charge in [0, 0.05) is 0 Å². The van der Waals surface area contributed by atoms with Gasteiger partial charge in [0.1, 0.15) is 11.0 Å². The Balaban J connectivity index is 2.52. The Morgan fingerprint density at radius 1 is 1.00 bits per heavy atom. The van der Waals surface area contributed by atoms with E-state index in [0.717, 1.165) is 0 Å². The summed E-state index contributed by atoms with van der Waals surface area (Å²) in [6, 6.07) is 13.9. The molecule has 3 nitrogen and oxygen atoms in total. The first-order chi connectivity index (χ1) is 9.58. The molecule has 0 bridgehead atoms. The Hall–Kier alpha value is -1.88. The van der Waals surface area contributed by atoms with Crippen LogP contribution < -0.4 is 4.74 Å². The summed E-state index contributed by atoms with van der Waals surface area (Å²) in [6.45, 7) is 0. The fourth-order valence-corrected chi connectivity index (χ4v) is 3.35. The van der Waals surface area contributed by atoms with Crippen LogP contribution in [0.4, 0.5) is 4.39 Å². The zero-order valence-electron chi connectivity index (χ0n) is 11.0. The first-order valence-electron chi connectivity index (χ1n) is 6.05. The number of sulfone groups is 1. The van der Waals surface area contributed by atoms with E-state index in [9.17, 15) is 12.8 Å². The smallest absolute Gasteiger partial charge is 0.191 e. The molecule has 0 saturated carbocycles. The van der Waals surface area contributed by atoms with Crippen molar-refractivity contribution in [1.82, 2.24) is 0 Å². The highest BCUT2D eigenvalue weighted by atomic mass is 32.2. The zero-order chi connectivity index (χ0) is 14.6. The lowest BCUT2D eigenvalue weighted by atomic mass is 10.0. The number of methoxy groups -OCH3 is 1. The van der Waals surface area contributed by atoms with Crippen molar-refractivity contribution in [3.63, 3.8) is 0 Å². The number of rotatable bonds is 5. The molecule has 1 unspecified atom stereocenters. The summed E-state index contributed by atoms with van der Waals surface area (Å²) in [5, 5.41) is -1.00. The third-order valence-corrected chi connectivity index (χ3v) is 4.60. The quantitative estimate of drug-likeness (QED) is 0.851. The van der Waals surface area contributed by atoms with Crippen molar-refractivity contribution in [3.05, 3.63) is 65.7 Å². The van der Waals surface area contributed by atoms with Crippen molar-refractivity contribution in [2.24, 2.45) is 0 Å². The van der Waals surface area contributed by atoms with Crippen LogP contribution in [0.5, 0.6) is 5.75 Å². The Morgan fingerprint density at radius 3 is 2.05 bits per heavy atom. The normalized spacial score (nSPS) is 12.9. The van der Waals surface area contributed by atoms with Crippen molar-refractivity contribution in [2.45, 2.75) is 5.25 Å². The number of hydrogen-bond acceptors (Lipinski definition) is 3. The van der Waals surface area contributed by atoms with Gasteiger partial charge in [-0.25, -0.2) is 12.8 Å². The molecule has 0 amide bonds. The van der Waals surface area contributed by atoms with E-state index in [1.165, 1.54) is 7.11 Å². The van der Waals surface area contributed by atoms with Gasteiger partial charge in [0.2, 0.25) is 0 Å². The highest BCUT2D eigenvalue weighted by Gasteiger charge is 2.28. The predicted octanol–water partition coefficient (Wildman–Crippen LogP) is 3.13. The summed E-state index contributed by atoms with van der Waals surface area (Å²) < 4.78 is 42.1. The number of benzene rings is 2. The van der Waals surface area contributed by atoms with Crippen LogP contribution in [0.1, 0.15) is 16.4 Å². The van der Waals surface area contributed by atoms with E-state index in [1.54, 1.807) is 54.6 Å². The van der Waals surface area contributed by atoms with E-state index < -0.39 is 21.1 Å². The summed E-state index contributed by atoms with van der Waals surface area (Å²) in [5.74, 6) is 0.623. The third-order valence-electron chi connectivity index (χ3n) is 3.03. The van der Waals surface area contributed by atoms with Crippen LogP contribution in [0.2, 0.25) is 0 Å². The summed E-state index contributed by atoms with van der Waals surface area (Å²) in [6.07, 6.45) is 0. The molecule has 0 spiro atoms. The zero-order valence-corrected chi connectivity index (χ0v) is 11.8. The van der Waals surface area contributed by atoms with Crippen molar-refractivity contribution in [1.29, 1.82) is 0 Å². The van der Waals surface area contributed by atoms with Crippen LogP contribution in [-0.4, -0.2) is 21.5 Å². The standard InChI is InChI=1S/C15H15FO3S/c1-19-14-9-7-13(8-10-14)15(20(17,18)11-16)12-5-3-2-4-6-12/h2-10,15H,11H2,1H3. The molecule has 5 heteroatoms. The maximum absolute atomic E-state index is 12.9. The highest BCUT2D eigenvalue weighted by Crippen LogP contribution is 2.31. The first-order valence-corrected chi connectivity index (χ1v) is 7.76. The summed E-state index contributed by atoms with van der Waals surface area (Å²) in [5.41, 5.74) is 1.07. The van der Waals surface area contributed by atoms with Gasteiger partial charge in [-0.3, -0.25) is 0 Å². The lowest BCUT2D eigenvalue weighted by Crippen LogP contribution is -2.16. The van der Waals surface area contributed by atoms with Crippen LogP contribution in [0.15, 0.2) is 54.6 Å². The molecule has 0 saturated heterocycles. The lowest BCUT2D eigenvalue weighted by molar-refractivity contribution is 0.414. The van der Waals surface area contributed by atoms with E-state index in [4.69, 9.17) is 4.74 Å². The molecular weight excluding hydrogens is 279 g/mol. The number of alkyl halides is 1. The number of halogens is 1. The minimum Gasteiger partial charge on any atom is -0.497 e. The van der Waals surface area contributed by atoms with Gasteiger partial charge >= 0.3 is 0 Å². The van der Waals surface area contributed by atoms with Gasteiger partial charge in [0.15, 0.2) is 15.8 Å². The Labute approximate surface area is 117 Å². The van der Waals surface area contributed by atoms with Crippen LogP contribution in [-0.2, 0) is 9.84 Å². The summed E-state index contributed by atoms with van der Waals surface area (Å²) in [7, 11) is -2.36. The molecule has 2 aromatic rings. The SMILES string of the molecule is COc1ccc(C(c2ccccc2)S(=O)(=O)CF)cc1. The van der Waals surface area contributed by atoms with E-state index in [-0.39, 0.29) is 0 Å². The monoisotopic (exact) mass is 294 g/mol. The van der Waals surface area contributed by atoms with E-state index in [1.807, 2.05) is 0 Å². The number of ether oxygens (including phenoxy) is 1. The molecule has 0 aliphatic carbocycles. The maximum Gasteiger partial charge on any atom is 0.191 e. The molecule has 0 aromatic heterocycles. The van der Waals surface area contributed by atoms with Gasteiger partial charge < -0.3 is 4.74 Å². The van der Waals surface area contributed by atoms with Gasteiger partial charge in [0.05, 0.1) is 7.11 Å². The second kappa shape index (κ2) is 6.05. The van der Waals surface area contributed by atoms with Crippen LogP contribution >= 0.6 is 0 Å². The fourth-order valence-electron chi connectivity index (χ4n) is 2.08. The van der Waals surface area contributed by atoms with Crippen LogP contribution in [0, 0.1) is 0 Å². The Kier molecular flexibility index (Phi) is 4.39. The molecular formula is C15H15FO3S. The maximum atomic E-state index is 12.9. The van der Waals surface area contributed by atoms with Gasteiger partial charge in [0.25, 0.3) is 0 Å². The molecule has 1 atom stereocenters. The van der Waals surface area contributed by atoms with Crippen molar-refractivity contribution in [3.8, 4) is 5.75 Å². The second-order valence-electron chi connectivity index (χ2n) is 4.34. The molecule has 2 rings (SSSR count). The molecule has 2 aromatic carbocycles. The third kappa shape index (κ3) is 2.99. The van der Waals surface area contributed by atoms with Gasteiger partial charge in [-0.05, 0) is 23.3 Å². The van der Waals surface area contributed by atoms with Crippen molar-refractivity contribution >= 4 is 9.84 Å². The van der Waals surface area contributed by atoms with Gasteiger partial charge in [-0.15, -0.1) is 0 Å². The molecule has 20 heavy (non-hydrogen) atoms. The van der Waals surface area contributed by atoms with Gasteiger partial charge in [-0.1, -0.05) is 42.5 Å². The van der Waals surface area contributed by atoms with Crippen molar-refractivity contribution < 1.29 is 17.5 Å². The molecule has 0 radical (unpaired) electrons. The summed E-state index contributed by atoms with van der Waals surface area (Å²) in [4.78, 5) is 0. The highest BCUT2D eigenvalue weighted by molar-refractivity contribution is 7.91. The topological polar surface area (TPSA) is 43.4 Å². The molecule has 0 heterocycles. The Bertz CT molecular complexity index is 651. The lowest BCUT2D eigenvalue weighted by Gasteiger charge is -2.17. The Morgan fingerprint density at radius 2 is 1.55 bits per heavy atom. The van der Waals surface area contributed by atoms with Crippen LogP contribution in [0.3, 0.4) is 0 Å². The van der Waals surface area contributed by atoms with E-state index >= 15 is 0 Å². The second-order valence-corrected chi connectivity index (χ2v) is 6.35. The molecule has 0 aliphatic rings. The largest absolute Gasteiger partial charge is 0.497 e. The van der Waals surface area contributed by atoms with Gasteiger partial charge in [-0.2, -0.15) is 0 Å². The molecule has 0 fully saturated rings. The molecule has 0 aliphatic heterocycles. The minimum atomic E-state index is -3.89. The summed E-state index contributed by atoms with van der Waals surface area (Å²) >= 11 is 0. The average molecular weight is 294 g/mol. The average Bonchev–Trinajstić information content (AvgIpc) is 2.49. The minimum absolute atomic E-state index is 0.523. The number of hydrogen-bond donors (Lipinski definition) is 0.